The predicted molar refractivity (Wildman–Crippen MR) is 94.4 cm³/mol. The van der Waals surface area contributed by atoms with E-state index >= 15 is 0 Å². The van der Waals surface area contributed by atoms with E-state index in [-0.39, 0.29) is 36.0 Å². The Kier molecular flexibility index (Phi) is 5.02. The third-order valence-electron chi connectivity index (χ3n) is 5.29. The zero-order chi connectivity index (χ0) is 18.0. The van der Waals surface area contributed by atoms with E-state index in [4.69, 9.17) is 0 Å². The molecule has 1 aliphatic carbocycles. The van der Waals surface area contributed by atoms with Crippen LogP contribution in [0.1, 0.15) is 32.3 Å². The number of carbonyl (C=O) groups is 3. The molecule has 3 rings (SSSR count). The van der Waals surface area contributed by atoms with Crippen molar-refractivity contribution in [2.45, 2.75) is 39.2 Å². The number of imide groups is 1. The third kappa shape index (κ3) is 3.36. The molecule has 0 radical (unpaired) electrons. The summed E-state index contributed by atoms with van der Waals surface area (Å²) in [6, 6.07) is 9.10. The molecule has 1 aromatic carbocycles. The lowest BCUT2D eigenvalue weighted by Crippen LogP contribution is -2.50. The first kappa shape index (κ1) is 17.4. The smallest absolute Gasteiger partial charge is 0.232 e. The highest BCUT2D eigenvalue weighted by molar-refractivity contribution is 6.06. The average molecular weight is 340 g/mol. The number of rotatable bonds is 5. The molecular weight excluding hydrogens is 316 g/mol. The molecule has 3 amide bonds. The molecule has 1 fully saturated rings. The van der Waals surface area contributed by atoms with Gasteiger partial charge in [0.25, 0.3) is 0 Å². The third-order valence-corrected chi connectivity index (χ3v) is 5.29. The molecule has 1 unspecified atom stereocenters. The van der Waals surface area contributed by atoms with Crippen molar-refractivity contribution in [1.82, 2.24) is 10.6 Å². The average Bonchev–Trinajstić information content (AvgIpc) is 2.91. The van der Waals surface area contributed by atoms with Crippen LogP contribution in [0.4, 0.5) is 0 Å². The fraction of sp³-hybridized carbons (Fsp3) is 0.450. The minimum Gasteiger partial charge on any atom is -0.349 e. The van der Waals surface area contributed by atoms with E-state index in [0.29, 0.717) is 0 Å². The highest BCUT2D eigenvalue weighted by atomic mass is 16.2. The molecule has 0 spiro atoms. The molecule has 1 saturated heterocycles. The van der Waals surface area contributed by atoms with Gasteiger partial charge in [-0.05, 0) is 24.3 Å². The largest absolute Gasteiger partial charge is 0.349 e. The summed E-state index contributed by atoms with van der Waals surface area (Å²) < 4.78 is 0. The van der Waals surface area contributed by atoms with Crippen molar-refractivity contribution in [3.05, 3.63) is 47.5 Å². The predicted octanol–water partition coefficient (Wildman–Crippen LogP) is 1.98. The molecule has 5 heteroatoms. The standard InChI is InChI=1S/C20H24N2O3/c1-3-13-11-14(4-2)18(17-16(13)19(24)22-20(17)25)21-15(23)10-12-8-6-5-7-9-12/h5-9,11,13,16-18H,3-4,10H2,1-2H3,(H,21,23)(H,22,24,25)/t13?,16-,17-,18+/m0/s1. The van der Waals surface area contributed by atoms with Crippen molar-refractivity contribution in [3.8, 4) is 0 Å². The summed E-state index contributed by atoms with van der Waals surface area (Å²) in [6.45, 7) is 4.04. The number of hydrogen-bond acceptors (Lipinski definition) is 3. The first-order chi connectivity index (χ1) is 12.0. The second kappa shape index (κ2) is 7.21. The van der Waals surface area contributed by atoms with Crippen LogP contribution in [0.5, 0.6) is 0 Å². The van der Waals surface area contributed by atoms with Gasteiger partial charge in [0.15, 0.2) is 0 Å². The maximum Gasteiger partial charge on any atom is 0.232 e. The molecule has 1 heterocycles. The van der Waals surface area contributed by atoms with Crippen LogP contribution in [0.2, 0.25) is 0 Å². The summed E-state index contributed by atoms with van der Waals surface area (Å²) in [5.41, 5.74) is 1.96. The Morgan fingerprint density at radius 2 is 1.76 bits per heavy atom. The quantitative estimate of drug-likeness (QED) is 0.636. The molecule has 1 aliphatic heterocycles. The molecule has 0 aromatic heterocycles. The van der Waals surface area contributed by atoms with Crippen LogP contribution >= 0.6 is 0 Å². The maximum absolute atomic E-state index is 12.5. The van der Waals surface area contributed by atoms with Crippen molar-refractivity contribution < 1.29 is 14.4 Å². The summed E-state index contributed by atoms with van der Waals surface area (Å²) in [4.78, 5) is 37.1. The Balaban J connectivity index is 1.83. The van der Waals surface area contributed by atoms with Crippen LogP contribution in [-0.4, -0.2) is 23.8 Å². The Hall–Kier alpha value is -2.43. The van der Waals surface area contributed by atoms with E-state index < -0.39 is 12.0 Å². The van der Waals surface area contributed by atoms with Crippen molar-refractivity contribution in [2.75, 3.05) is 0 Å². The van der Waals surface area contributed by atoms with Crippen LogP contribution in [-0.2, 0) is 20.8 Å². The summed E-state index contributed by atoms with van der Waals surface area (Å²) in [7, 11) is 0. The van der Waals surface area contributed by atoms with Gasteiger partial charge in [0.2, 0.25) is 17.7 Å². The topological polar surface area (TPSA) is 75.3 Å². The van der Waals surface area contributed by atoms with E-state index in [1.807, 2.05) is 44.2 Å². The zero-order valence-corrected chi connectivity index (χ0v) is 14.6. The summed E-state index contributed by atoms with van der Waals surface area (Å²) in [5, 5.41) is 5.47. The Bertz CT molecular complexity index is 711. The van der Waals surface area contributed by atoms with E-state index in [1.54, 1.807) is 0 Å². The SMILES string of the molecule is CCC1=CC(CC)[C@@H]2C(=O)NC(=O)[C@@H]2[C@@H]1NC(=O)Cc1ccccc1. The summed E-state index contributed by atoms with van der Waals surface area (Å²) in [6.07, 6.45) is 3.90. The molecule has 2 aliphatic rings. The fourth-order valence-electron chi connectivity index (χ4n) is 4.04. The van der Waals surface area contributed by atoms with Gasteiger partial charge in [-0.2, -0.15) is 0 Å². The molecule has 0 saturated carbocycles. The molecule has 2 N–H and O–H groups in total. The lowest BCUT2D eigenvalue weighted by atomic mass is 9.70. The van der Waals surface area contributed by atoms with Gasteiger partial charge >= 0.3 is 0 Å². The number of allylic oxidation sites excluding steroid dienone is 1. The normalized spacial score (nSPS) is 28.2. The van der Waals surface area contributed by atoms with E-state index in [9.17, 15) is 14.4 Å². The van der Waals surface area contributed by atoms with Gasteiger partial charge in [-0.25, -0.2) is 0 Å². The minimum absolute atomic E-state index is 0.0497. The molecule has 1 aromatic rings. The summed E-state index contributed by atoms with van der Waals surface area (Å²) in [5.74, 6) is -1.44. The lowest BCUT2D eigenvalue weighted by molar-refractivity contribution is -0.126. The first-order valence-corrected chi connectivity index (χ1v) is 8.93. The van der Waals surface area contributed by atoms with Gasteiger partial charge in [-0.1, -0.05) is 55.8 Å². The molecule has 5 nitrogen and oxygen atoms in total. The number of nitrogens with one attached hydrogen (secondary N) is 2. The van der Waals surface area contributed by atoms with Crippen LogP contribution in [0.25, 0.3) is 0 Å². The van der Waals surface area contributed by atoms with Gasteiger partial charge in [-0.3, -0.25) is 19.7 Å². The van der Waals surface area contributed by atoms with Crippen molar-refractivity contribution in [3.63, 3.8) is 0 Å². The fourth-order valence-corrected chi connectivity index (χ4v) is 4.04. The molecule has 4 atom stereocenters. The van der Waals surface area contributed by atoms with E-state index in [0.717, 1.165) is 24.0 Å². The Morgan fingerprint density at radius 1 is 1.08 bits per heavy atom. The number of carbonyl (C=O) groups excluding carboxylic acids is 3. The first-order valence-electron chi connectivity index (χ1n) is 8.93. The van der Waals surface area contributed by atoms with Gasteiger partial charge in [0, 0.05) is 0 Å². The van der Waals surface area contributed by atoms with Crippen LogP contribution in [0.3, 0.4) is 0 Å². The van der Waals surface area contributed by atoms with E-state index in [1.165, 1.54) is 0 Å². The minimum atomic E-state index is -0.503. The molecule has 25 heavy (non-hydrogen) atoms. The van der Waals surface area contributed by atoms with Crippen molar-refractivity contribution >= 4 is 17.7 Å². The van der Waals surface area contributed by atoms with Crippen LogP contribution < -0.4 is 10.6 Å². The Labute approximate surface area is 147 Å². The number of amides is 3. The van der Waals surface area contributed by atoms with E-state index in [2.05, 4.69) is 16.7 Å². The van der Waals surface area contributed by atoms with Crippen LogP contribution in [0.15, 0.2) is 42.0 Å². The van der Waals surface area contributed by atoms with Crippen molar-refractivity contribution in [1.29, 1.82) is 0 Å². The van der Waals surface area contributed by atoms with Gasteiger partial charge < -0.3 is 5.32 Å². The summed E-state index contributed by atoms with van der Waals surface area (Å²) >= 11 is 0. The van der Waals surface area contributed by atoms with Crippen molar-refractivity contribution in [2.24, 2.45) is 17.8 Å². The zero-order valence-electron chi connectivity index (χ0n) is 14.6. The number of fused-ring (bicyclic) bond motifs is 1. The second-order valence-corrected chi connectivity index (χ2v) is 6.78. The molecular formula is C20H24N2O3. The number of hydrogen-bond donors (Lipinski definition) is 2. The Morgan fingerprint density at radius 3 is 2.40 bits per heavy atom. The molecule has 132 valence electrons. The highest BCUT2D eigenvalue weighted by Crippen LogP contribution is 2.40. The van der Waals surface area contributed by atoms with Gasteiger partial charge in [0.05, 0.1) is 24.3 Å². The second-order valence-electron chi connectivity index (χ2n) is 6.78. The van der Waals surface area contributed by atoms with Crippen LogP contribution in [0, 0.1) is 17.8 Å². The van der Waals surface area contributed by atoms with Gasteiger partial charge in [-0.15, -0.1) is 0 Å². The maximum atomic E-state index is 12.5. The monoisotopic (exact) mass is 340 g/mol. The lowest BCUT2D eigenvalue weighted by Gasteiger charge is -2.36. The molecule has 0 bridgehead atoms. The van der Waals surface area contributed by atoms with Gasteiger partial charge in [0.1, 0.15) is 0 Å². The highest BCUT2D eigenvalue weighted by Gasteiger charge is 2.52. The number of benzene rings is 1.